The Labute approximate surface area is 156 Å². The molecule has 2 fully saturated rings. The largest absolute Gasteiger partial charge is 0.412 e. The molecule has 2 aliphatic carbocycles. The van der Waals surface area contributed by atoms with Crippen LogP contribution in [0.5, 0.6) is 0 Å². The highest BCUT2D eigenvalue weighted by molar-refractivity contribution is 5.96. The third-order valence-corrected chi connectivity index (χ3v) is 5.05. The van der Waals surface area contributed by atoms with Crippen molar-refractivity contribution in [1.82, 2.24) is 9.97 Å². The topological polar surface area (TPSA) is 136 Å². The normalized spacial score (nSPS) is 22.0. The molecule has 7 nitrogen and oxygen atoms in total. The molecule has 0 unspecified atom stereocenters. The van der Waals surface area contributed by atoms with E-state index in [2.05, 4.69) is 9.97 Å². The van der Waals surface area contributed by atoms with Gasteiger partial charge in [0, 0.05) is 19.2 Å². The van der Waals surface area contributed by atoms with E-state index in [-0.39, 0.29) is 16.9 Å². The van der Waals surface area contributed by atoms with Gasteiger partial charge in [-0.2, -0.15) is 0 Å². The predicted octanol–water partition coefficient (Wildman–Crippen LogP) is 2.42. The Hall–Kier alpha value is -1.73. The molecule has 0 radical (unpaired) electrons. The summed E-state index contributed by atoms with van der Waals surface area (Å²) in [6, 6.07) is 0. The van der Waals surface area contributed by atoms with Crippen molar-refractivity contribution in [3.63, 3.8) is 0 Å². The van der Waals surface area contributed by atoms with Crippen LogP contribution in [0.4, 0.5) is 5.82 Å². The summed E-state index contributed by atoms with van der Waals surface area (Å²) in [6.07, 6.45) is 14.5. The maximum Gasteiger partial charge on any atom is 0.254 e. The van der Waals surface area contributed by atoms with E-state index in [1.165, 1.54) is 38.3 Å². The molecule has 0 atom stereocenters. The molecule has 6 N–H and O–H groups in total. The number of nitrogen functional groups attached to an aromatic ring is 1. The number of rotatable bonds is 5. The Morgan fingerprint density at radius 2 is 1.73 bits per heavy atom. The van der Waals surface area contributed by atoms with E-state index < -0.39 is 5.91 Å². The molecule has 0 bridgehead atoms. The monoisotopic (exact) mass is 366 g/mol. The molecule has 0 aromatic carbocycles. The quantitative estimate of drug-likeness (QED) is 0.824. The van der Waals surface area contributed by atoms with Crippen molar-refractivity contribution in [1.29, 1.82) is 0 Å². The molecule has 26 heavy (non-hydrogen) atoms. The summed E-state index contributed by atoms with van der Waals surface area (Å²) in [4.78, 5) is 19.4. The summed E-state index contributed by atoms with van der Waals surface area (Å²) in [5.41, 5.74) is 11.1. The average Bonchev–Trinajstić information content (AvgIpc) is 3.16. The van der Waals surface area contributed by atoms with Crippen LogP contribution in [-0.4, -0.2) is 34.1 Å². The predicted molar refractivity (Wildman–Crippen MR) is 103 cm³/mol. The molecule has 1 heterocycles. The first-order valence-corrected chi connectivity index (χ1v) is 9.63. The summed E-state index contributed by atoms with van der Waals surface area (Å²) in [6.45, 7) is 2.81. The highest BCUT2D eigenvalue weighted by Gasteiger charge is 2.22. The SMILES string of the molecule is C1CCCC1.CCOC1CCC(Cc2ncc(C(N)=O)c(N)n2)CC1.O. The van der Waals surface area contributed by atoms with Gasteiger partial charge >= 0.3 is 0 Å². The van der Waals surface area contributed by atoms with Crippen LogP contribution < -0.4 is 11.5 Å². The Kier molecular flexibility index (Phi) is 10.1. The molecule has 2 saturated carbocycles. The Bertz CT molecular complexity index is 534. The number of hydrogen-bond acceptors (Lipinski definition) is 5. The summed E-state index contributed by atoms with van der Waals surface area (Å²) in [5, 5.41) is 0. The van der Waals surface area contributed by atoms with Crippen molar-refractivity contribution < 1.29 is 15.0 Å². The lowest BCUT2D eigenvalue weighted by molar-refractivity contribution is 0.0255. The number of carbonyl (C=O) groups is 1. The molecule has 1 aromatic heterocycles. The third kappa shape index (κ3) is 7.25. The van der Waals surface area contributed by atoms with Crippen molar-refractivity contribution in [3.8, 4) is 0 Å². The number of amides is 1. The maximum absolute atomic E-state index is 11.1. The van der Waals surface area contributed by atoms with Crippen LogP contribution in [0, 0.1) is 5.92 Å². The van der Waals surface area contributed by atoms with Crippen molar-refractivity contribution in [2.45, 2.75) is 77.2 Å². The molecular formula is C19H34N4O3. The van der Waals surface area contributed by atoms with Gasteiger partial charge in [0.05, 0.1) is 11.7 Å². The zero-order chi connectivity index (χ0) is 18.1. The lowest BCUT2D eigenvalue weighted by Crippen LogP contribution is -2.23. The smallest absolute Gasteiger partial charge is 0.254 e. The summed E-state index contributed by atoms with van der Waals surface area (Å²) < 4.78 is 5.64. The zero-order valence-corrected chi connectivity index (χ0v) is 15.9. The number of anilines is 1. The fourth-order valence-corrected chi connectivity index (χ4v) is 3.60. The number of ether oxygens (including phenoxy) is 1. The van der Waals surface area contributed by atoms with Crippen molar-refractivity contribution in [2.75, 3.05) is 12.3 Å². The fourth-order valence-electron chi connectivity index (χ4n) is 3.60. The number of primary amides is 1. The minimum absolute atomic E-state index is 0. The van der Waals surface area contributed by atoms with Crippen LogP contribution in [0.1, 0.15) is 80.9 Å². The van der Waals surface area contributed by atoms with E-state index in [4.69, 9.17) is 16.2 Å². The Morgan fingerprint density at radius 1 is 1.15 bits per heavy atom. The first-order chi connectivity index (χ1) is 12.1. The molecule has 0 saturated heterocycles. The molecule has 2 aliphatic rings. The summed E-state index contributed by atoms with van der Waals surface area (Å²) in [7, 11) is 0. The molecule has 1 aromatic rings. The Morgan fingerprint density at radius 3 is 2.19 bits per heavy atom. The summed E-state index contributed by atoms with van der Waals surface area (Å²) in [5.74, 6) is 0.828. The van der Waals surface area contributed by atoms with Gasteiger partial charge in [-0.05, 0) is 38.5 Å². The number of hydrogen-bond donors (Lipinski definition) is 2. The van der Waals surface area contributed by atoms with Crippen LogP contribution in [0.3, 0.4) is 0 Å². The van der Waals surface area contributed by atoms with Crippen molar-refractivity contribution in [2.24, 2.45) is 11.7 Å². The highest BCUT2D eigenvalue weighted by Crippen LogP contribution is 2.28. The van der Waals surface area contributed by atoms with Crippen molar-refractivity contribution >= 4 is 11.7 Å². The van der Waals surface area contributed by atoms with E-state index in [0.29, 0.717) is 17.8 Å². The number of aromatic nitrogens is 2. The van der Waals surface area contributed by atoms with Gasteiger partial charge in [0.1, 0.15) is 11.6 Å². The first kappa shape index (κ1) is 22.3. The average molecular weight is 367 g/mol. The molecule has 0 aliphatic heterocycles. The van der Waals surface area contributed by atoms with Gasteiger partial charge in [-0.1, -0.05) is 32.1 Å². The van der Waals surface area contributed by atoms with E-state index >= 15 is 0 Å². The van der Waals surface area contributed by atoms with Gasteiger partial charge in [-0.25, -0.2) is 9.97 Å². The lowest BCUT2D eigenvalue weighted by Gasteiger charge is -2.27. The van der Waals surface area contributed by atoms with Gasteiger partial charge in [0.15, 0.2) is 0 Å². The number of nitrogens with zero attached hydrogens (tertiary/aromatic N) is 2. The summed E-state index contributed by atoms with van der Waals surface area (Å²) >= 11 is 0. The van der Waals surface area contributed by atoms with E-state index in [1.54, 1.807) is 0 Å². The molecule has 1 amide bonds. The zero-order valence-electron chi connectivity index (χ0n) is 15.9. The van der Waals surface area contributed by atoms with Crippen LogP contribution in [0.15, 0.2) is 6.20 Å². The third-order valence-electron chi connectivity index (χ3n) is 5.05. The number of carbonyl (C=O) groups excluding carboxylic acids is 1. The highest BCUT2D eigenvalue weighted by atomic mass is 16.5. The molecule has 148 valence electrons. The van der Waals surface area contributed by atoms with Crippen LogP contribution in [0.25, 0.3) is 0 Å². The minimum Gasteiger partial charge on any atom is -0.412 e. The second-order valence-corrected chi connectivity index (χ2v) is 7.02. The van der Waals surface area contributed by atoms with Gasteiger partial charge in [-0.3, -0.25) is 4.79 Å². The van der Waals surface area contributed by atoms with Crippen LogP contribution >= 0.6 is 0 Å². The molecule has 3 rings (SSSR count). The van der Waals surface area contributed by atoms with E-state index in [9.17, 15) is 4.79 Å². The van der Waals surface area contributed by atoms with Gasteiger partial charge in [-0.15, -0.1) is 0 Å². The Balaban J connectivity index is 0.000000486. The number of nitrogens with two attached hydrogens (primary N) is 2. The first-order valence-electron chi connectivity index (χ1n) is 9.63. The molecule has 0 spiro atoms. The maximum atomic E-state index is 11.1. The fraction of sp³-hybridized carbons (Fsp3) is 0.737. The second-order valence-electron chi connectivity index (χ2n) is 7.02. The standard InChI is InChI=1S/C14H22N4O2.C5H10.H2O/c1-2-20-10-5-3-9(4-6-10)7-12-17-8-11(14(16)19)13(15)18-12;1-2-4-5-3-1;/h8-10H,2-7H2,1H3,(H2,16,19)(H2,15,17,18);1-5H2;1H2. The van der Waals surface area contributed by atoms with E-state index in [0.717, 1.165) is 38.7 Å². The lowest BCUT2D eigenvalue weighted by atomic mass is 9.85. The van der Waals surface area contributed by atoms with Crippen molar-refractivity contribution in [3.05, 3.63) is 17.6 Å². The molecule has 7 heteroatoms. The van der Waals surface area contributed by atoms with Crippen LogP contribution in [0.2, 0.25) is 0 Å². The van der Waals surface area contributed by atoms with Gasteiger partial charge < -0.3 is 21.7 Å². The van der Waals surface area contributed by atoms with Gasteiger partial charge in [0.25, 0.3) is 5.91 Å². The minimum atomic E-state index is -0.591. The van der Waals surface area contributed by atoms with Crippen LogP contribution in [-0.2, 0) is 11.2 Å². The second kappa shape index (κ2) is 11.8. The molecular weight excluding hydrogens is 332 g/mol. The van der Waals surface area contributed by atoms with Gasteiger partial charge in [0.2, 0.25) is 0 Å². The van der Waals surface area contributed by atoms with E-state index in [1.807, 2.05) is 6.92 Å².